The molecule has 0 aromatic heterocycles. The molecule has 5 nitrogen and oxygen atoms in total. The van der Waals surface area contributed by atoms with Crippen LogP contribution in [0.5, 0.6) is 0 Å². The van der Waals surface area contributed by atoms with Crippen LogP contribution in [-0.4, -0.2) is 26.0 Å². The molecule has 1 heterocycles. The van der Waals surface area contributed by atoms with Crippen LogP contribution in [0.4, 0.5) is 13.2 Å². The van der Waals surface area contributed by atoms with Gasteiger partial charge in [-0.3, -0.25) is 0 Å². The fourth-order valence-electron chi connectivity index (χ4n) is 2.74. The monoisotopic (exact) mass is 412 g/mol. The van der Waals surface area contributed by atoms with Crippen LogP contribution in [0.1, 0.15) is 11.1 Å². The van der Waals surface area contributed by atoms with Crippen LogP contribution in [0, 0.1) is 0 Å². The minimum absolute atomic E-state index is 0.0203. The van der Waals surface area contributed by atoms with Gasteiger partial charge in [-0.15, -0.1) is 0 Å². The average molecular weight is 412 g/mol. The normalized spacial score (nSPS) is 17.5. The summed E-state index contributed by atoms with van der Waals surface area (Å²) < 4.78 is 71.2. The fraction of sp³-hybridized carbons (Fsp3) is 0.211. The van der Waals surface area contributed by atoms with Gasteiger partial charge >= 0.3 is 21.6 Å². The molecule has 1 atom stereocenters. The lowest BCUT2D eigenvalue weighted by atomic mass is 10.0. The van der Waals surface area contributed by atoms with Crippen molar-refractivity contribution in [3.05, 3.63) is 83.1 Å². The Bertz CT molecular complexity index is 983. The van der Waals surface area contributed by atoms with Crippen molar-refractivity contribution < 1.29 is 35.3 Å². The Kier molecular flexibility index (Phi) is 5.46. The number of esters is 1. The molecule has 2 aromatic rings. The van der Waals surface area contributed by atoms with Crippen molar-refractivity contribution >= 4 is 16.1 Å². The van der Waals surface area contributed by atoms with Gasteiger partial charge in [0.1, 0.15) is 0 Å². The molecule has 3 rings (SSSR count). The van der Waals surface area contributed by atoms with Crippen molar-refractivity contribution in [1.29, 1.82) is 0 Å². The van der Waals surface area contributed by atoms with Gasteiger partial charge in [-0.25, -0.2) is 4.79 Å². The van der Waals surface area contributed by atoms with Crippen molar-refractivity contribution in [2.24, 2.45) is 0 Å². The molecular formula is C19H15F3O5S. The predicted molar refractivity (Wildman–Crippen MR) is 93.3 cm³/mol. The van der Waals surface area contributed by atoms with Crippen LogP contribution in [0.25, 0.3) is 0 Å². The van der Waals surface area contributed by atoms with E-state index in [0.29, 0.717) is 11.1 Å². The smallest absolute Gasteiger partial charge is 0.450 e. The zero-order valence-electron chi connectivity index (χ0n) is 14.3. The van der Waals surface area contributed by atoms with E-state index in [4.69, 9.17) is 4.74 Å². The first kappa shape index (κ1) is 19.9. The van der Waals surface area contributed by atoms with E-state index in [2.05, 4.69) is 4.18 Å². The van der Waals surface area contributed by atoms with Gasteiger partial charge in [-0.05, 0) is 11.1 Å². The number of carbonyl (C=O) groups excluding carboxylic acids is 1. The summed E-state index contributed by atoms with van der Waals surface area (Å²) in [4.78, 5) is 12.3. The highest BCUT2D eigenvalue weighted by Crippen LogP contribution is 2.34. The second kappa shape index (κ2) is 7.67. The summed E-state index contributed by atoms with van der Waals surface area (Å²) >= 11 is 0. The third-order valence-corrected chi connectivity index (χ3v) is 5.02. The number of halogens is 3. The second-order valence-corrected chi connectivity index (χ2v) is 7.61. The third-order valence-electron chi connectivity index (χ3n) is 4.06. The van der Waals surface area contributed by atoms with Gasteiger partial charge in [0.15, 0.2) is 11.9 Å². The number of carbonyl (C=O) groups is 1. The van der Waals surface area contributed by atoms with Gasteiger partial charge < -0.3 is 8.92 Å². The second-order valence-electron chi connectivity index (χ2n) is 6.07. The number of benzene rings is 2. The molecule has 0 saturated carbocycles. The van der Waals surface area contributed by atoms with Crippen molar-refractivity contribution in [1.82, 2.24) is 0 Å². The molecule has 0 amide bonds. The Balaban J connectivity index is 1.99. The number of cyclic esters (lactones) is 1. The quantitative estimate of drug-likeness (QED) is 0.413. The summed E-state index contributed by atoms with van der Waals surface area (Å²) in [6.07, 6.45) is -1.41. The topological polar surface area (TPSA) is 69.7 Å². The summed E-state index contributed by atoms with van der Waals surface area (Å²) in [6, 6.07) is 16.9. The first-order valence-electron chi connectivity index (χ1n) is 8.20. The molecule has 9 heteroatoms. The Hall–Kier alpha value is -2.81. The first-order valence-corrected chi connectivity index (χ1v) is 9.61. The molecule has 148 valence electrons. The lowest BCUT2D eigenvalue weighted by molar-refractivity contribution is -0.140. The number of rotatable bonds is 6. The minimum Gasteiger partial charge on any atom is -0.450 e. The zero-order chi connectivity index (χ0) is 20.4. The van der Waals surface area contributed by atoms with Crippen molar-refractivity contribution in [3.63, 3.8) is 0 Å². The van der Waals surface area contributed by atoms with Gasteiger partial charge in [0.25, 0.3) is 0 Å². The molecule has 0 aliphatic carbocycles. The Morgan fingerprint density at radius 1 is 0.929 bits per heavy atom. The van der Waals surface area contributed by atoms with Crippen LogP contribution in [0.15, 0.2) is 72.0 Å². The maximum absolute atomic E-state index is 12.8. The summed E-state index contributed by atoms with van der Waals surface area (Å²) in [5, 5.41) is 0. The van der Waals surface area contributed by atoms with Crippen molar-refractivity contribution in [2.75, 3.05) is 0 Å². The molecular weight excluding hydrogens is 397 g/mol. The van der Waals surface area contributed by atoms with E-state index in [-0.39, 0.29) is 18.4 Å². The number of hydrogen-bond acceptors (Lipinski definition) is 5. The number of ether oxygens (including phenoxy) is 1. The van der Waals surface area contributed by atoms with Gasteiger partial charge in [0.2, 0.25) is 0 Å². The van der Waals surface area contributed by atoms with E-state index in [1.807, 2.05) is 0 Å². The van der Waals surface area contributed by atoms with Crippen LogP contribution in [-0.2, 0) is 36.7 Å². The highest BCUT2D eigenvalue weighted by molar-refractivity contribution is 7.87. The Morgan fingerprint density at radius 3 is 2.00 bits per heavy atom. The maximum Gasteiger partial charge on any atom is 0.534 e. The third kappa shape index (κ3) is 4.36. The largest absolute Gasteiger partial charge is 0.534 e. The molecule has 0 N–H and O–H groups in total. The van der Waals surface area contributed by atoms with E-state index in [1.165, 1.54) is 0 Å². The highest BCUT2D eigenvalue weighted by Gasteiger charge is 2.51. The van der Waals surface area contributed by atoms with E-state index < -0.39 is 33.5 Å². The van der Waals surface area contributed by atoms with Gasteiger partial charge in [0, 0.05) is 12.8 Å². The van der Waals surface area contributed by atoms with Crippen molar-refractivity contribution in [3.8, 4) is 0 Å². The van der Waals surface area contributed by atoms with Gasteiger partial charge in [-0.2, -0.15) is 21.6 Å². The standard InChI is InChI=1S/C19H15F3O5S/c20-19(21,22)28(24,25)27-17-15(11-13-7-3-1-4-8-13)18(23)26-16(17)12-14-9-5-2-6-10-14/h1-10,16H,11-12H2/t16-/m0/s1. The van der Waals surface area contributed by atoms with Crippen LogP contribution in [0.3, 0.4) is 0 Å². The number of alkyl halides is 3. The van der Waals surface area contributed by atoms with E-state index in [0.717, 1.165) is 0 Å². The lowest BCUT2D eigenvalue weighted by Gasteiger charge is -2.16. The SMILES string of the molecule is O=C1O[C@@H](Cc2ccccc2)C(OS(=O)(=O)C(F)(F)F)=C1Cc1ccccc1. The molecule has 0 spiro atoms. The Labute approximate surface area is 159 Å². The van der Waals surface area contributed by atoms with E-state index >= 15 is 0 Å². The van der Waals surface area contributed by atoms with Crippen LogP contribution < -0.4 is 0 Å². The summed E-state index contributed by atoms with van der Waals surface area (Å²) in [5.74, 6) is -1.54. The molecule has 1 aliphatic rings. The fourth-order valence-corrected chi connectivity index (χ4v) is 3.28. The van der Waals surface area contributed by atoms with Crippen LogP contribution in [0.2, 0.25) is 0 Å². The lowest BCUT2D eigenvalue weighted by Crippen LogP contribution is -2.28. The average Bonchev–Trinajstić information content (AvgIpc) is 2.90. The molecule has 0 unspecified atom stereocenters. The number of hydrogen-bond donors (Lipinski definition) is 0. The van der Waals surface area contributed by atoms with Crippen LogP contribution >= 0.6 is 0 Å². The van der Waals surface area contributed by atoms with E-state index in [1.54, 1.807) is 60.7 Å². The molecule has 1 aliphatic heterocycles. The molecule has 0 saturated heterocycles. The molecule has 2 aromatic carbocycles. The van der Waals surface area contributed by atoms with Gasteiger partial charge in [-0.1, -0.05) is 60.7 Å². The van der Waals surface area contributed by atoms with Crippen molar-refractivity contribution in [2.45, 2.75) is 24.5 Å². The molecule has 0 radical (unpaired) electrons. The zero-order valence-corrected chi connectivity index (χ0v) is 15.2. The summed E-state index contributed by atoms with van der Waals surface area (Å²) in [6.45, 7) is 0. The summed E-state index contributed by atoms with van der Waals surface area (Å²) in [7, 11) is -5.95. The maximum atomic E-state index is 12.8. The molecule has 0 fully saturated rings. The summed E-state index contributed by atoms with van der Waals surface area (Å²) in [5.41, 5.74) is -4.63. The van der Waals surface area contributed by atoms with Gasteiger partial charge in [0.05, 0.1) is 5.57 Å². The predicted octanol–water partition coefficient (Wildman–Crippen LogP) is 3.52. The minimum atomic E-state index is -5.95. The van der Waals surface area contributed by atoms with E-state index in [9.17, 15) is 26.4 Å². The molecule has 0 bridgehead atoms. The molecule has 28 heavy (non-hydrogen) atoms. The Morgan fingerprint density at radius 2 is 1.46 bits per heavy atom. The highest BCUT2D eigenvalue weighted by atomic mass is 32.2. The first-order chi connectivity index (χ1) is 13.2.